The number of hydrogen-bond donors (Lipinski definition) is 0. The Bertz CT molecular complexity index is 8330. The third-order valence-corrected chi connectivity index (χ3v) is 25.8. The minimum absolute atomic E-state index is 0.128. The second-order valence-electron chi connectivity index (χ2n) is 34.1. The van der Waals surface area contributed by atoms with E-state index in [1.165, 1.54) is 60.1 Å². The molecule has 0 spiro atoms. The van der Waals surface area contributed by atoms with Gasteiger partial charge in [0, 0.05) is 105 Å². The number of aromatic nitrogens is 11. The van der Waals surface area contributed by atoms with Crippen LogP contribution in [-0.4, -0.2) is 53.6 Å². The van der Waals surface area contributed by atoms with Crippen molar-refractivity contribution in [2.75, 3.05) is 0 Å². The highest BCUT2D eigenvalue weighted by molar-refractivity contribution is 6.29. The van der Waals surface area contributed by atoms with E-state index in [1.54, 1.807) is 0 Å². The highest BCUT2D eigenvalue weighted by atomic mass is 15.1. The molecular weight excluding hydrogens is 1610 g/mol. The summed E-state index contributed by atoms with van der Waals surface area (Å²) in [5.74, 6) is 3.63. The molecule has 7 heterocycles. The third kappa shape index (κ3) is 13.8. The minimum Gasteiger partial charge on any atom is -0.309 e. The van der Waals surface area contributed by atoms with Crippen LogP contribution >= 0.6 is 0 Å². The monoisotopic (exact) mass is 1690 g/mol. The summed E-state index contributed by atoms with van der Waals surface area (Å²) in [5.41, 5.74) is 32.4. The van der Waals surface area contributed by atoms with Crippen molar-refractivity contribution in [2.45, 2.75) is 19.3 Å². The van der Waals surface area contributed by atoms with Crippen LogP contribution in [0.2, 0.25) is 0 Å². The average Bonchev–Trinajstić information content (AvgIpc) is 1.55. The largest absolute Gasteiger partial charge is 0.309 e. The van der Waals surface area contributed by atoms with Crippen LogP contribution in [0, 0.1) is 0 Å². The Labute approximate surface area is 763 Å². The fourth-order valence-corrected chi connectivity index (χ4v) is 19.6. The van der Waals surface area contributed by atoms with Crippen molar-refractivity contribution >= 4 is 65.4 Å². The van der Waals surface area contributed by atoms with E-state index in [0.717, 1.165) is 145 Å². The van der Waals surface area contributed by atoms with Gasteiger partial charge >= 0.3 is 0 Å². The van der Waals surface area contributed by atoms with Gasteiger partial charge in [-0.1, -0.05) is 360 Å². The molecule has 25 rings (SSSR count). The molecule has 11 heteroatoms. The first-order chi connectivity index (χ1) is 65.2. The normalized spacial score (nSPS) is 12.1. The van der Waals surface area contributed by atoms with Crippen molar-refractivity contribution in [3.05, 3.63) is 466 Å². The van der Waals surface area contributed by atoms with Crippen molar-refractivity contribution in [1.29, 1.82) is 0 Å². The number of fused-ring (bicyclic) bond motifs is 14. The molecule has 0 saturated heterocycles. The predicted octanol–water partition coefficient (Wildman–Crippen LogP) is 30.1. The van der Waals surface area contributed by atoms with Gasteiger partial charge in [0.15, 0.2) is 34.9 Å². The zero-order valence-electron chi connectivity index (χ0n) is 72.2. The average molecular weight is 1690 g/mol. The van der Waals surface area contributed by atoms with E-state index < -0.39 is 0 Å². The van der Waals surface area contributed by atoms with E-state index in [4.69, 9.17) is 39.9 Å². The van der Waals surface area contributed by atoms with Crippen LogP contribution in [0.4, 0.5) is 0 Å². The van der Waals surface area contributed by atoms with Crippen LogP contribution < -0.4 is 0 Å². The molecule has 0 unspecified atom stereocenters. The molecule has 1 aliphatic rings. The quantitative estimate of drug-likeness (QED) is 0.0996. The lowest BCUT2D eigenvalue weighted by Crippen LogP contribution is -2.14. The Balaban J connectivity index is 0.000000146. The van der Waals surface area contributed by atoms with Gasteiger partial charge in [-0.25, -0.2) is 39.9 Å². The van der Waals surface area contributed by atoms with Crippen LogP contribution in [0.5, 0.6) is 0 Å². The lowest BCUT2D eigenvalue weighted by molar-refractivity contribution is 0.661. The molecule has 132 heavy (non-hydrogen) atoms. The van der Waals surface area contributed by atoms with Gasteiger partial charge in [-0.2, -0.15) is 0 Å². The van der Waals surface area contributed by atoms with Crippen LogP contribution in [0.25, 0.3) is 229 Å². The van der Waals surface area contributed by atoms with Gasteiger partial charge < -0.3 is 13.7 Å². The molecule has 24 aromatic rings. The van der Waals surface area contributed by atoms with Gasteiger partial charge in [0.05, 0.1) is 67.3 Å². The predicted molar refractivity (Wildman–Crippen MR) is 541 cm³/mol. The molecule has 620 valence electrons. The summed E-state index contributed by atoms with van der Waals surface area (Å²) < 4.78 is 7.28. The van der Waals surface area contributed by atoms with Crippen molar-refractivity contribution < 1.29 is 0 Å². The fraction of sp³-hybridized carbons (Fsp3) is 0.0248. The fourth-order valence-electron chi connectivity index (χ4n) is 19.6. The highest BCUT2D eigenvalue weighted by Gasteiger charge is 2.38. The van der Waals surface area contributed by atoms with Crippen LogP contribution in [0.15, 0.2) is 455 Å². The molecule has 0 aliphatic heterocycles. The zero-order valence-corrected chi connectivity index (χ0v) is 72.2. The first-order valence-electron chi connectivity index (χ1n) is 44.7. The van der Waals surface area contributed by atoms with Crippen molar-refractivity contribution in [3.8, 4) is 164 Å². The maximum atomic E-state index is 5.55. The van der Waals surface area contributed by atoms with Crippen molar-refractivity contribution in [2.24, 2.45) is 0 Å². The van der Waals surface area contributed by atoms with Gasteiger partial charge in [-0.05, 0) is 148 Å². The number of benzene rings is 17. The molecule has 0 fully saturated rings. The molecular formula is C121H81N11. The van der Waals surface area contributed by atoms with Gasteiger partial charge in [0.2, 0.25) is 0 Å². The molecule has 0 radical (unpaired) electrons. The van der Waals surface area contributed by atoms with E-state index in [0.29, 0.717) is 34.9 Å². The van der Waals surface area contributed by atoms with E-state index in [2.05, 4.69) is 343 Å². The van der Waals surface area contributed by atoms with Crippen LogP contribution in [0.3, 0.4) is 0 Å². The van der Waals surface area contributed by atoms with E-state index >= 15 is 0 Å². The molecule has 0 atom stereocenters. The van der Waals surface area contributed by atoms with Crippen molar-refractivity contribution in [3.63, 3.8) is 0 Å². The van der Waals surface area contributed by atoms with Crippen molar-refractivity contribution in [1.82, 2.24) is 53.6 Å². The highest BCUT2D eigenvalue weighted by Crippen LogP contribution is 2.55. The summed E-state index contributed by atoms with van der Waals surface area (Å²) in [7, 11) is 0. The van der Waals surface area contributed by atoms with Gasteiger partial charge in [-0.3, -0.25) is 0 Å². The number of para-hydroxylation sites is 4. The molecule has 0 saturated carbocycles. The Kier molecular flexibility index (Phi) is 19.3. The summed E-state index contributed by atoms with van der Waals surface area (Å²) in [6, 6.07) is 160. The summed E-state index contributed by atoms with van der Waals surface area (Å²) in [6.07, 6.45) is 0. The molecule has 7 aromatic heterocycles. The second-order valence-corrected chi connectivity index (χ2v) is 34.1. The first-order valence-corrected chi connectivity index (χ1v) is 44.7. The summed E-state index contributed by atoms with van der Waals surface area (Å²) in [6.45, 7) is 4.70. The Morgan fingerprint density at radius 2 is 0.492 bits per heavy atom. The van der Waals surface area contributed by atoms with E-state index in [-0.39, 0.29) is 5.41 Å². The third-order valence-electron chi connectivity index (χ3n) is 25.8. The number of pyridine rings is 2. The smallest absolute Gasteiger partial charge is 0.164 e. The van der Waals surface area contributed by atoms with Crippen LogP contribution in [0.1, 0.15) is 25.0 Å². The molecule has 0 amide bonds. The number of hydrogen-bond acceptors (Lipinski definition) is 8. The lowest BCUT2D eigenvalue weighted by Gasteiger charge is -2.21. The molecule has 11 nitrogen and oxygen atoms in total. The summed E-state index contributed by atoms with van der Waals surface area (Å²) in [5, 5.41) is 7.29. The molecule has 17 aromatic carbocycles. The van der Waals surface area contributed by atoms with Gasteiger partial charge in [0.1, 0.15) is 0 Å². The number of nitrogens with zero attached hydrogens (tertiary/aromatic N) is 11. The molecule has 1 aliphatic carbocycles. The lowest BCUT2D eigenvalue weighted by atomic mass is 9.82. The maximum absolute atomic E-state index is 5.55. The summed E-state index contributed by atoms with van der Waals surface area (Å²) >= 11 is 0. The summed E-state index contributed by atoms with van der Waals surface area (Å²) in [4.78, 5) is 41.7. The minimum atomic E-state index is -0.128. The Morgan fingerprint density at radius 1 is 0.182 bits per heavy atom. The standard InChI is InChI=1S/C62H40N6.C59H41N5/c1-6-20-41(21-7-1)46-39-51(42-22-8-2-9-23-42)63-52(40-46)50-38-45(62-65-60(43-24-10-3-11-25-43)64-61(66-62)44-26-12-4-13-27-44)34-35-55(50)68-54-33-19-17-31-49(54)59-57(68)37-36-56-58(59)48-30-16-18-32-53(48)67(56)47-28-14-5-15-29-47;1-59(2)47-29-17-15-27-44(47)54-48(59)32-34-53-55(54)45-28-16-18-30-51(45)64(53)52-33-31-42(58-62-56(40-23-11-5-12-24-40)61-57(63-58)41-25-13-6-14-26-41)35-46(52)43-36-49(38-19-7-3-8-20-38)60-50(37-43)39-21-9-4-10-22-39/h1-40H;3-37H,1-2H3. The number of rotatable bonds is 15. The Morgan fingerprint density at radius 3 is 0.939 bits per heavy atom. The zero-order chi connectivity index (χ0) is 87.7. The molecule has 0 bridgehead atoms. The van der Waals surface area contributed by atoms with E-state index in [1.807, 2.05) is 140 Å². The first kappa shape index (κ1) is 78.0. The van der Waals surface area contributed by atoms with Gasteiger partial charge in [-0.15, -0.1) is 0 Å². The van der Waals surface area contributed by atoms with Gasteiger partial charge in [0.25, 0.3) is 0 Å². The van der Waals surface area contributed by atoms with E-state index in [9.17, 15) is 0 Å². The maximum Gasteiger partial charge on any atom is 0.164 e. The SMILES string of the molecule is CC1(C)c2ccccc2-c2c1ccc1c2c2ccccc2n1-c1ccc(-c2nc(-c3ccccc3)nc(-c3ccccc3)n2)cc1-c1cc(-c2ccccc2)nc(-c2ccccc2)c1.c1ccc(-c2cc(-c3ccccc3)nc(-c3cc(-c4nc(-c5ccccc5)nc(-c5ccccc5)n4)ccc3-n3c4ccccc4c4c5c6ccccc6n(-c6ccccc6)c5ccc43)c2)cc1. The molecule has 0 N–H and O–H groups in total. The topological polar surface area (TPSA) is 118 Å². The Hall–Kier alpha value is -17.5. The van der Waals surface area contributed by atoms with Crippen LogP contribution in [-0.2, 0) is 5.41 Å². The second kappa shape index (κ2) is 32.7.